The van der Waals surface area contributed by atoms with Crippen molar-refractivity contribution in [3.05, 3.63) is 29.3 Å². The lowest BCUT2D eigenvalue weighted by Gasteiger charge is -2.26. The highest BCUT2D eigenvalue weighted by Gasteiger charge is 2.34. The van der Waals surface area contributed by atoms with Crippen LogP contribution in [0.15, 0.2) is 18.2 Å². The van der Waals surface area contributed by atoms with Gasteiger partial charge >= 0.3 is 5.97 Å². The van der Waals surface area contributed by atoms with E-state index in [9.17, 15) is 4.79 Å². The summed E-state index contributed by atoms with van der Waals surface area (Å²) in [7, 11) is 0. The third-order valence-electron chi connectivity index (χ3n) is 3.52. The van der Waals surface area contributed by atoms with Crippen LogP contribution in [-0.4, -0.2) is 30.2 Å². The minimum Gasteiger partial charge on any atom is -0.478 e. The number of carboxylic acid groups (broad SMARTS) is 1. The molecule has 3 N–H and O–H groups in total. The number of benzene rings is 1. The van der Waals surface area contributed by atoms with Crippen molar-refractivity contribution in [2.75, 3.05) is 18.4 Å². The van der Waals surface area contributed by atoms with Gasteiger partial charge in [0.25, 0.3) is 0 Å². The van der Waals surface area contributed by atoms with E-state index in [1.54, 1.807) is 6.07 Å². The van der Waals surface area contributed by atoms with Crippen LogP contribution < -0.4 is 10.6 Å². The van der Waals surface area contributed by atoms with Crippen LogP contribution in [0.25, 0.3) is 0 Å². The number of hydrogen-bond acceptors (Lipinski definition) is 3. The standard InChI is InChI=1S/C12H14N2O2/c15-12(16)7-1-2-10-9(5-7)8-3-4-13-6-11(8)14-10/h1-2,5,8,11,13-14H,3-4,6H2,(H,15,16). The SMILES string of the molecule is O=C(O)c1ccc2c(c1)C1CCNCC1N2. The molecule has 4 heteroatoms. The Labute approximate surface area is 93.7 Å². The third-order valence-corrected chi connectivity index (χ3v) is 3.52. The fourth-order valence-electron chi connectivity index (χ4n) is 2.72. The van der Waals surface area contributed by atoms with Crippen molar-refractivity contribution >= 4 is 11.7 Å². The highest BCUT2D eigenvalue weighted by Crippen LogP contribution is 2.39. The predicted molar refractivity (Wildman–Crippen MR) is 61.0 cm³/mol. The lowest BCUT2D eigenvalue weighted by molar-refractivity contribution is 0.0697. The molecule has 16 heavy (non-hydrogen) atoms. The number of aromatic carboxylic acids is 1. The molecule has 1 saturated heterocycles. The summed E-state index contributed by atoms with van der Waals surface area (Å²) in [6.45, 7) is 1.97. The zero-order valence-corrected chi connectivity index (χ0v) is 8.86. The first-order chi connectivity index (χ1) is 7.75. The van der Waals surface area contributed by atoms with E-state index in [2.05, 4.69) is 10.6 Å². The minimum atomic E-state index is -0.847. The summed E-state index contributed by atoms with van der Waals surface area (Å²) in [6, 6.07) is 5.80. The molecule has 0 aliphatic carbocycles. The Bertz CT molecular complexity index is 445. The molecule has 0 bridgehead atoms. The molecule has 1 aromatic rings. The lowest BCUT2D eigenvalue weighted by Crippen LogP contribution is -2.40. The molecule has 1 aromatic carbocycles. The maximum Gasteiger partial charge on any atom is 0.335 e. The first-order valence-corrected chi connectivity index (χ1v) is 5.60. The van der Waals surface area contributed by atoms with E-state index in [0.29, 0.717) is 17.5 Å². The van der Waals surface area contributed by atoms with Gasteiger partial charge in [0.05, 0.1) is 5.56 Å². The summed E-state index contributed by atoms with van der Waals surface area (Å²) in [5.41, 5.74) is 2.66. The first-order valence-electron chi connectivity index (χ1n) is 5.60. The van der Waals surface area contributed by atoms with Gasteiger partial charge in [0.15, 0.2) is 0 Å². The van der Waals surface area contributed by atoms with Gasteiger partial charge < -0.3 is 15.7 Å². The van der Waals surface area contributed by atoms with Crippen molar-refractivity contribution in [2.24, 2.45) is 0 Å². The summed E-state index contributed by atoms with van der Waals surface area (Å²) < 4.78 is 0. The molecule has 0 amide bonds. The van der Waals surface area contributed by atoms with Crippen molar-refractivity contribution in [1.29, 1.82) is 0 Å². The summed E-state index contributed by atoms with van der Waals surface area (Å²) in [4.78, 5) is 10.9. The molecule has 2 heterocycles. The number of anilines is 1. The van der Waals surface area contributed by atoms with Gasteiger partial charge in [-0.05, 0) is 36.7 Å². The van der Waals surface area contributed by atoms with Crippen molar-refractivity contribution in [1.82, 2.24) is 5.32 Å². The van der Waals surface area contributed by atoms with Crippen LogP contribution in [0.4, 0.5) is 5.69 Å². The summed E-state index contributed by atoms with van der Waals surface area (Å²) in [6.07, 6.45) is 1.08. The number of rotatable bonds is 1. The number of fused-ring (bicyclic) bond motifs is 3. The van der Waals surface area contributed by atoms with Gasteiger partial charge in [-0.25, -0.2) is 4.79 Å². The molecule has 84 valence electrons. The van der Waals surface area contributed by atoms with Crippen LogP contribution in [0.2, 0.25) is 0 Å². The maximum atomic E-state index is 10.9. The van der Waals surface area contributed by atoms with Gasteiger partial charge in [0.2, 0.25) is 0 Å². The molecule has 2 aliphatic heterocycles. The summed E-state index contributed by atoms with van der Waals surface area (Å²) >= 11 is 0. The monoisotopic (exact) mass is 218 g/mol. The second kappa shape index (κ2) is 3.49. The van der Waals surface area contributed by atoms with Crippen LogP contribution in [-0.2, 0) is 0 Å². The van der Waals surface area contributed by atoms with E-state index in [4.69, 9.17) is 5.11 Å². The first kappa shape index (κ1) is 9.66. The third kappa shape index (κ3) is 1.38. The quantitative estimate of drug-likeness (QED) is 0.664. The maximum absolute atomic E-state index is 10.9. The Kier molecular flexibility index (Phi) is 2.11. The van der Waals surface area contributed by atoms with Crippen LogP contribution in [0, 0.1) is 0 Å². The second-order valence-corrected chi connectivity index (χ2v) is 4.46. The van der Waals surface area contributed by atoms with Crippen LogP contribution >= 0.6 is 0 Å². The number of carbonyl (C=O) groups is 1. The van der Waals surface area contributed by atoms with E-state index >= 15 is 0 Å². The van der Waals surface area contributed by atoms with Crippen LogP contribution in [0.3, 0.4) is 0 Å². The Hall–Kier alpha value is -1.55. The molecular formula is C12H14N2O2. The van der Waals surface area contributed by atoms with Gasteiger partial charge in [-0.15, -0.1) is 0 Å². The van der Waals surface area contributed by atoms with Gasteiger partial charge in [0, 0.05) is 24.2 Å². The fourth-order valence-corrected chi connectivity index (χ4v) is 2.72. The Morgan fingerprint density at radius 2 is 2.31 bits per heavy atom. The molecule has 2 aliphatic rings. The average Bonchev–Trinajstić information content (AvgIpc) is 2.66. The van der Waals surface area contributed by atoms with Gasteiger partial charge in [-0.3, -0.25) is 0 Å². The highest BCUT2D eigenvalue weighted by atomic mass is 16.4. The normalized spacial score (nSPS) is 26.8. The molecule has 0 spiro atoms. The van der Waals surface area contributed by atoms with Crippen molar-refractivity contribution in [3.63, 3.8) is 0 Å². The Morgan fingerprint density at radius 3 is 3.12 bits per heavy atom. The van der Waals surface area contributed by atoms with Gasteiger partial charge in [0.1, 0.15) is 0 Å². The van der Waals surface area contributed by atoms with Crippen molar-refractivity contribution < 1.29 is 9.90 Å². The van der Waals surface area contributed by atoms with Gasteiger partial charge in [-0.2, -0.15) is 0 Å². The molecule has 0 radical (unpaired) electrons. The number of nitrogens with one attached hydrogen (secondary N) is 2. The molecule has 2 atom stereocenters. The lowest BCUT2D eigenvalue weighted by atomic mass is 9.88. The predicted octanol–water partition coefficient (Wildman–Crippen LogP) is 1.26. The van der Waals surface area contributed by atoms with E-state index < -0.39 is 5.97 Å². The molecule has 3 rings (SSSR count). The van der Waals surface area contributed by atoms with E-state index in [0.717, 1.165) is 25.2 Å². The van der Waals surface area contributed by atoms with E-state index in [-0.39, 0.29) is 0 Å². The second-order valence-electron chi connectivity index (χ2n) is 4.46. The Morgan fingerprint density at radius 1 is 1.44 bits per heavy atom. The van der Waals surface area contributed by atoms with Crippen molar-refractivity contribution in [3.8, 4) is 0 Å². The van der Waals surface area contributed by atoms with Crippen LogP contribution in [0.5, 0.6) is 0 Å². The topological polar surface area (TPSA) is 61.4 Å². The number of hydrogen-bond donors (Lipinski definition) is 3. The molecule has 2 unspecified atom stereocenters. The molecular weight excluding hydrogens is 204 g/mol. The number of carboxylic acids is 1. The molecule has 4 nitrogen and oxygen atoms in total. The zero-order chi connectivity index (χ0) is 11.1. The van der Waals surface area contributed by atoms with Crippen molar-refractivity contribution in [2.45, 2.75) is 18.4 Å². The van der Waals surface area contributed by atoms with Crippen LogP contribution in [0.1, 0.15) is 28.3 Å². The largest absolute Gasteiger partial charge is 0.478 e. The fraction of sp³-hybridized carbons (Fsp3) is 0.417. The zero-order valence-electron chi connectivity index (χ0n) is 8.86. The Balaban J connectivity index is 2.00. The van der Waals surface area contributed by atoms with Gasteiger partial charge in [-0.1, -0.05) is 0 Å². The number of piperidine rings is 1. The average molecular weight is 218 g/mol. The minimum absolute atomic E-state index is 0.389. The van der Waals surface area contributed by atoms with E-state index in [1.165, 1.54) is 5.56 Å². The molecule has 1 fully saturated rings. The summed E-state index contributed by atoms with van der Waals surface area (Å²) in [5, 5.41) is 15.8. The molecule has 0 aromatic heterocycles. The molecule has 0 saturated carbocycles. The smallest absolute Gasteiger partial charge is 0.335 e. The van der Waals surface area contributed by atoms with E-state index in [1.807, 2.05) is 12.1 Å². The highest BCUT2D eigenvalue weighted by molar-refractivity contribution is 5.89. The summed E-state index contributed by atoms with van der Waals surface area (Å²) in [5.74, 6) is -0.379.